The van der Waals surface area contributed by atoms with Crippen molar-refractivity contribution in [2.24, 2.45) is 0 Å². The highest BCUT2D eigenvalue weighted by Gasteiger charge is 2.36. The molecule has 1 N–H and O–H groups in total. The molecule has 1 fully saturated rings. The number of imide groups is 2. The van der Waals surface area contributed by atoms with E-state index in [1.165, 1.54) is 24.3 Å². The molecule has 1 heterocycles. The molecule has 1 saturated heterocycles. The van der Waals surface area contributed by atoms with Gasteiger partial charge in [-0.25, -0.2) is 14.1 Å². The number of nitrogens with zero attached hydrogens (tertiary/aromatic N) is 1. The first-order chi connectivity index (χ1) is 21.2. The molecule has 0 saturated carbocycles. The minimum absolute atomic E-state index is 0.0240. The van der Waals surface area contributed by atoms with Crippen molar-refractivity contribution in [2.45, 2.75) is 20.1 Å². The number of hydrogen-bond acceptors (Lipinski definition) is 6. The zero-order valence-corrected chi connectivity index (χ0v) is 24.8. The molecule has 4 aromatic rings. The summed E-state index contributed by atoms with van der Waals surface area (Å²) in [5.41, 5.74) is 1.53. The quantitative estimate of drug-likeness (QED) is 0.145. The van der Waals surface area contributed by atoms with E-state index >= 15 is 0 Å². The van der Waals surface area contributed by atoms with Crippen LogP contribution < -0.4 is 24.4 Å². The van der Waals surface area contributed by atoms with Crippen LogP contribution in [0, 0.1) is 5.82 Å². The third kappa shape index (κ3) is 7.02. The number of carbonyl (C=O) groups is 3. The maximum atomic E-state index is 14.0. The van der Waals surface area contributed by atoms with E-state index in [0.717, 1.165) is 10.5 Å². The van der Waals surface area contributed by atoms with Gasteiger partial charge in [0.1, 0.15) is 30.4 Å². The lowest BCUT2D eigenvalue weighted by Crippen LogP contribution is -2.54. The average Bonchev–Trinajstić information content (AvgIpc) is 3.00. The minimum atomic E-state index is -0.884. The smallest absolute Gasteiger partial charge is 0.335 e. The molecule has 0 aromatic heterocycles. The van der Waals surface area contributed by atoms with Crippen LogP contribution in [-0.2, 0) is 22.8 Å². The van der Waals surface area contributed by atoms with Gasteiger partial charge >= 0.3 is 6.03 Å². The molecule has 0 unspecified atom stereocenters. The maximum Gasteiger partial charge on any atom is 0.335 e. The Morgan fingerprint density at radius 1 is 0.818 bits per heavy atom. The number of amides is 4. The molecule has 4 aromatic carbocycles. The van der Waals surface area contributed by atoms with Gasteiger partial charge in [0.25, 0.3) is 11.8 Å². The summed E-state index contributed by atoms with van der Waals surface area (Å²) in [6.45, 7) is 2.25. The van der Waals surface area contributed by atoms with Crippen LogP contribution in [0.15, 0.2) is 90.5 Å². The Bertz CT molecular complexity index is 1760. The predicted octanol–water partition coefficient (Wildman–Crippen LogP) is 7.36. The van der Waals surface area contributed by atoms with Crippen molar-refractivity contribution in [3.05, 3.63) is 123 Å². The first-order valence-electron chi connectivity index (χ1n) is 13.4. The molecule has 0 radical (unpaired) electrons. The van der Waals surface area contributed by atoms with E-state index in [0.29, 0.717) is 45.0 Å². The second-order valence-electron chi connectivity index (χ2n) is 9.50. The van der Waals surface area contributed by atoms with Crippen molar-refractivity contribution < 1.29 is 33.0 Å². The Morgan fingerprint density at radius 2 is 1.57 bits per heavy atom. The molecule has 44 heavy (non-hydrogen) atoms. The summed E-state index contributed by atoms with van der Waals surface area (Å²) in [5.74, 6) is -0.874. The molecule has 0 spiro atoms. The Labute approximate surface area is 262 Å². The van der Waals surface area contributed by atoms with Crippen LogP contribution in [0.25, 0.3) is 6.08 Å². The van der Waals surface area contributed by atoms with Gasteiger partial charge in [0.15, 0.2) is 11.5 Å². The van der Waals surface area contributed by atoms with E-state index in [2.05, 4.69) is 5.32 Å². The van der Waals surface area contributed by atoms with Crippen LogP contribution in [0.5, 0.6) is 17.2 Å². The second kappa shape index (κ2) is 13.6. The molecular formula is C33H25Cl2FN2O6. The van der Waals surface area contributed by atoms with Crippen LogP contribution >= 0.6 is 23.2 Å². The van der Waals surface area contributed by atoms with E-state index in [-0.39, 0.29) is 24.5 Å². The molecule has 8 nitrogen and oxygen atoms in total. The summed E-state index contributed by atoms with van der Waals surface area (Å²) < 4.78 is 31.3. The number of benzene rings is 4. The molecule has 5 rings (SSSR count). The molecule has 0 atom stereocenters. The van der Waals surface area contributed by atoms with Crippen molar-refractivity contribution in [3.63, 3.8) is 0 Å². The summed E-state index contributed by atoms with van der Waals surface area (Å²) in [4.78, 5) is 39.7. The van der Waals surface area contributed by atoms with E-state index in [1.807, 2.05) is 0 Å². The van der Waals surface area contributed by atoms with Gasteiger partial charge in [-0.05, 0) is 73.2 Å². The van der Waals surface area contributed by atoms with Crippen molar-refractivity contribution in [1.82, 2.24) is 5.32 Å². The predicted molar refractivity (Wildman–Crippen MR) is 165 cm³/mol. The number of ether oxygens (including phenoxy) is 3. The lowest BCUT2D eigenvalue weighted by atomic mass is 10.1. The molecule has 224 valence electrons. The number of halogens is 3. The summed E-state index contributed by atoms with van der Waals surface area (Å²) >= 11 is 12.1. The Balaban J connectivity index is 1.33. The zero-order valence-electron chi connectivity index (χ0n) is 23.3. The number of hydrogen-bond donors (Lipinski definition) is 1. The number of nitrogens with one attached hydrogen (secondary N) is 1. The fourth-order valence-electron chi connectivity index (χ4n) is 4.32. The Hall–Kier alpha value is -4.86. The fraction of sp³-hybridized carbons (Fsp3) is 0.121. The highest BCUT2D eigenvalue weighted by atomic mass is 35.5. The van der Waals surface area contributed by atoms with Gasteiger partial charge in [0.05, 0.1) is 12.3 Å². The van der Waals surface area contributed by atoms with Gasteiger partial charge in [-0.3, -0.25) is 14.9 Å². The molecular weight excluding hydrogens is 610 g/mol. The van der Waals surface area contributed by atoms with Gasteiger partial charge in [0, 0.05) is 21.2 Å². The SMILES string of the molecule is CCOc1cc(/C=C2\C(=O)NC(=O)N(c3ccc(OCc4ccc(Cl)cc4Cl)cc3)C2=O)ccc1OCc1ccccc1F. The second-order valence-corrected chi connectivity index (χ2v) is 10.3. The van der Waals surface area contributed by atoms with Gasteiger partial charge in [-0.15, -0.1) is 0 Å². The van der Waals surface area contributed by atoms with Crippen molar-refractivity contribution in [2.75, 3.05) is 11.5 Å². The largest absolute Gasteiger partial charge is 0.490 e. The average molecular weight is 635 g/mol. The van der Waals surface area contributed by atoms with E-state index in [4.69, 9.17) is 37.4 Å². The lowest BCUT2D eigenvalue weighted by Gasteiger charge is -2.26. The summed E-state index contributed by atoms with van der Waals surface area (Å²) in [6, 6.07) is 21.5. The van der Waals surface area contributed by atoms with Gasteiger partial charge in [0.2, 0.25) is 0 Å². The lowest BCUT2D eigenvalue weighted by molar-refractivity contribution is -0.122. The molecule has 1 aliphatic rings. The molecule has 0 bridgehead atoms. The zero-order chi connectivity index (χ0) is 31.2. The van der Waals surface area contributed by atoms with Crippen molar-refractivity contribution in [3.8, 4) is 17.2 Å². The number of barbiturate groups is 1. The summed E-state index contributed by atoms with van der Waals surface area (Å²) in [6.07, 6.45) is 1.35. The van der Waals surface area contributed by atoms with Crippen LogP contribution in [-0.4, -0.2) is 24.5 Å². The van der Waals surface area contributed by atoms with Crippen LogP contribution in [0.2, 0.25) is 10.0 Å². The molecule has 11 heteroatoms. The van der Waals surface area contributed by atoms with E-state index < -0.39 is 23.7 Å². The maximum absolute atomic E-state index is 14.0. The van der Waals surface area contributed by atoms with Crippen LogP contribution in [0.3, 0.4) is 0 Å². The van der Waals surface area contributed by atoms with Crippen LogP contribution in [0.4, 0.5) is 14.9 Å². The van der Waals surface area contributed by atoms with Gasteiger partial charge in [-0.1, -0.05) is 53.5 Å². The highest BCUT2D eigenvalue weighted by Crippen LogP contribution is 2.32. The van der Waals surface area contributed by atoms with Crippen molar-refractivity contribution in [1.29, 1.82) is 0 Å². The number of carbonyl (C=O) groups excluding carboxylic acids is 3. The third-order valence-corrected chi connectivity index (χ3v) is 7.11. The standard InChI is InChI=1S/C33H25Cl2FN2O6/c1-2-42-30-16-20(7-14-29(30)44-19-22-5-3-4-6-28(22)36)15-26-31(39)37-33(41)38(32(26)40)24-10-12-25(13-11-24)43-18-21-8-9-23(34)17-27(21)35/h3-17H,2,18-19H2,1H3,(H,37,39,41)/b26-15+. The topological polar surface area (TPSA) is 94.2 Å². The fourth-order valence-corrected chi connectivity index (χ4v) is 4.79. The molecule has 1 aliphatic heterocycles. The normalized spacial score (nSPS) is 14.0. The third-order valence-electron chi connectivity index (χ3n) is 6.53. The highest BCUT2D eigenvalue weighted by molar-refractivity contribution is 6.39. The minimum Gasteiger partial charge on any atom is -0.490 e. The molecule has 4 amide bonds. The Kier molecular flexibility index (Phi) is 9.47. The number of rotatable bonds is 10. The molecule has 0 aliphatic carbocycles. The van der Waals surface area contributed by atoms with Crippen molar-refractivity contribution >= 4 is 52.8 Å². The van der Waals surface area contributed by atoms with Gasteiger partial charge in [-0.2, -0.15) is 0 Å². The summed E-state index contributed by atoms with van der Waals surface area (Å²) in [5, 5.41) is 3.18. The Morgan fingerprint density at radius 3 is 2.30 bits per heavy atom. The number of anilines is 1. The van der Waals surface area contributed by atoms with E-state index in [1.54, 1.807) is 73.7 Å². The van der Waals surface area contributed by atoms with Gasteiger partial charge < -0.3 is 14.2 Å². The van der Waals surface area contributed by atoms with E-state index in [9.17, 15) is 18.8 Å². The van der Waals surface area contributed by atoms with Crippen LogP contribution in [0.1, 0.15) is 23.6 Å². The number of urea groups is 1. The monoisotopic (exact) mass is 634 g/mol. The first kappa shape index (κ1) is 30.6. The summed E-state index contributed by atoms with van der Waals surface area (Å²) in [7, 11) is 0. The first-order valence-corrected chi connectivity index (χ1v) is 14.2.